The van der Waals surface area contributed by atoms with Crippen LogP contribution in [0.2, 0.25) is 5.02 Å². The zero-order chi connectivity index (χ0) is 17.0. The molecule has 0 heterocycles. The molecule has 0 saturated heterocycles. The number of halogens is 5. The topological polar surface area (TPSA) is 67.8 Å². The number of sulfonamides is 1. The molecular formula is C11H11ClF4N2O3S. The van der Waals surface area contributed by atoms with Crippen LogP contribution in [-0.4, -0.2) is 32.9 Å². The summed E-state index contributed by atoms with van der Waals surface area (Å²) >= 11 is 5.73. The molecule has 1 aromatic rings. The van der Waals surface area contributed by atoms with Crippen LogP contribution in [0.25, 0.3) is 0 Å². The van der Waals surface area contributed by atoms with E-state index < -0.39 is 22.2 Å². The van der Waals surface area contributed by atoms with Gasteiger partial charge in [-0.2, -0.15) is 21.6 Å². The molecule has 0 saturated carbocycles. The molecule has 0 spiro atoms. The van der Waals surface area contributed by atoms with Gasteiger partial charge in [-0.25, -0.2) is 4.39 Å². The number of benzene rings is 1. The van der Waals surface area contributed by atoms with Gasteiger partial charge in [-0.05, 0) is 25.1 Å². The number of nitrogens with one attached hydrogen (secondary N) is 1. The summed E-state index contributed by atoms with van der Waals surface area (Å²) in [5.41, 5.74) is -5.86. The maximum atomic E-state index is 12.4. The standard InChI is InChI=1S/C11H11ClF4N2O3S/c1-7(17-21-5-4-13)9-6-8(12)2-3-10(9)18-22(19,20)11(14,15)16/h2-3,6,18H,4-5H2,1H3. The maximum Gasteiger partial charge on any atom is 0.516 e. The van der Waals surface area contributed by atoms with E-state index in [0.29, 0.717) is 0 Å². The third kappa shape index (κ3) is 4.73. The molecule has 0 bridgehead atoms. The first-order valence-electron chi connectivity index (χ1n) is 5.70. The highest BCUT2D eigenvalue weighted by Gasteiger charge is 2.46. The number of nitrogens with zero attached hydrogens (tertiary/aromatic N) is 1. The lowest BCUT2D eigenvalue weighted by atomic mass is 10.1. The lowest BCUT2D eigenvalue weighted by molar-refractivity contribution is -0.0429. The highest BCUT2D eigenvalue weighted by atomic mass is 35.5. The van der Waals surface area contributed by atoms with E-state index in [9.17, 15) is 26.0 Å². The van der Waals surface area contributed by atoms with Gasteiger partial charge in [0.15, 0.2) is 0 Å². The molecule has 0 radical (unpaired) electrons. The first kappa shape index (κ1) is 18.5. The molecule has 11 heteroatoms. The fraction of sp³-hybridized carbons (Fsp3) is 0.364. The monoisotopic (exact) mass is 362 g/mol. The second-order valence-corrected chi connectivity index (χ2v) is 6.05. The van der Waals surface area contributed by atoms with Gasteiger partial charge in [0.2, 0.25) is 0 Å². The van der Waals surface area contributed by atoms with Crippen molar-refractivity contribution in [3.8, 4) is 0 Å². The number of hydrogen-bond acceptors (Lipinski definition) is 4. The summed E-state index contributed by atoms with van der Waals surface area (Å²) in [6, 6.07) is 3.46. The Morgan fingerprint density at radius 2 is 2.05 bits per heavy atom. The molecule has 0 aliphatic heterocycles. The molecule has 0 atom stereocenters. The average molecular weight is 363 g/mol. The minimum absolute atomic E-state index is 0.0239. The highest BCUT2D eigenvalue weighted by Crippen LogP contribution is 2.28. The molecule has 0 fully saturated rings. The van der Waals surface area contributed by atoms with Crippen molar-refractivity contribution in [3.05, 3.63) is 28.8 Å². The summed E-state index contributed by atoms with van der Waals surface area (Å²) in [5, 5.41) is 3.62. The Morgan fingerprint density at radius 3 is 2.59 bits per heavy atom. The van der Waals surface area contributed by atoms with Gasteiger partial charge in [-0.15, -0.1) is 0 Å². The fourth-order valence-corrected chi connectivity index (χ4v) is 2.09. The Kier molecular flexibility index (Phi) is 6.00. The third-order valence-electron chi connectivity index (χ3n) is 2.29. The minimum atomic E-state index is -5.59. The average Bonchev–Trinajstić information content (AvgIpc) is 2.39. The van der Waals surface area contributed by atoms with Crippen LogP contribution in [-0.2, 0) is 14.9 Å². The highest BCUT2D eigenvalue weighted by molar-refractivity contribution is 7.93. The van der Waals surface area contributed by atoms with Crippen LogP contribution in [0.5, 0.6) is 0 Å². The van der Waals surface area contributed by atoms with Crippen molar-refractivity contribution < 1.29 is 30.8 Å². The molecule has 0 amide bonds. The van der Waals surface area contributed by atoms with Gasteiger partial charge in [0, 0.05) is 10.6 Å². The van der Waals surface area contributed by atoms with Crippen molar-refractivity contribution in [1.82, 2.24) is 0 Å². The Bertz CT molecular complexity index is 662. The minimum Gasteiger partial charge on any atom is -0.393 e. The largest absolute Gasteiger partial charge is 0.516 e. The number of anilines is 1. The molecule has 124 valence electrons. The van der Waals surface area contributed by atoms with E-state index in [4.69, 9.17) is 11.6 Å². The molecule has 0 aliphatic rings. The Hall–Kier alpha value is -1.55. The van der Waals surface area contributed by atoms with Crippen molar-refractivity contribution in [3.63, 3.8) is 0 Å². The molecule has 0 aliphatic carbocycles. The summed E-state index contributed by atoms with van der Waals surface area (Å²) in [7, 11) is -5.59. The first-order valence-corrected chi connectivity index (χ1v) is 7.56. The van der Waals surface area contributed by atoms with Crippen molar-refractivity contribution in [2.75, 3.05) is 18.0 Å². The van der Waals surface area contributed by atoms with Gasteiger partial charge in [-0.3, -0.25) is 4.72 Å². The van der Waals surface area contributed by atoms with Crippen LogP contribution in [0, 0.1) is 0 Å². The summed E-state index contributed by atoms with van der Waals surface area (Å²) in [4.78, 5) is 4.56. The van der Waals surface area contributed by atoms with Crippen LogP contribution < -0.4 is 4.72 Å². The molecule has 1 N–H and O–H groups in total. The number of oxime groups is 1. The molecule has 5 nitrogen and oxygen atoms in total. The number of rotatable bonds is 6. The Balaban J connectivity index is 3.19. The van der Waals surface area contributed by atoms with E-state index in [-0.39, 0.29) is 28.6 Å². The van der Waals surface area contributed by atoms with E-state index in [0.717, 1.165) is 6.07 Å². The van der Waals surface area contributed by atoms with E-state index >= 15 is 0 Å². The smallest absolute Gasteiger partial charge is 0.393 e. The van der Waals surface area contributed by atoms with Crippen molar-refractivity contribution in [1.29, 1.82) is 0 Å². The number of alkyl halides is 4. The van der Waals surface area contributed by atoms with Gasteiger partial charge >= 0.3 is 15.5 Å². The quantitative estimate of drug-likeness (QED) is 0.365. The molecule has 22 heavy (non-hydrogen) atoms. The van der Waals surface area contributed by atoms with Crippen LogP contribution >= 0.6 is 11.6 Å². The van der Waals surface area contributed by atoms with Crippen molar-refractivity contribution >= 4 is 33.0 Å². The summed E-state index contributed by atoms with van der Waals surface area (Å²) in [6.07, 6.45) is 0. The molecule has 1 rings (SSSR count). The maximum absolute atomic E-state index is 12.4. The predicted octanol–water partition coefficient (Wildman–Crippen LogP) is 3.31. The van der Waals surface area contributed by atoms with E-state index in [1.807, 2.05) is 0 Å². The molecule has 1 aromatic carbocycles. The third-order valence-corrected chi connectivity index (χ3v) is 3.62. The van der Waals surface area contributed by atoms with E-state index in [2.05, 4.69) is 9.99 Å². The van der Waals surface area contributed by atoms with Crippen molar-refractivity contribution in [2.24, 2.45) is 5.16 Å². The summed E-state index contributed by atoms with van der Waals surface area (Å²) in [5.74, 6) is 0. The molecule has 0 unspecified atom stereocenters. The van der Waals surface area contributed by atoms with Crippen LogP contribution in [0.3, 0.4) is 0 Å². The first-order chi connectivity index (χ1) is 10.1. The second-order valence-electron chi connectivity index (χ2n) is 3.94. The van der Waals surface area contributed by atoms with Crippen LogP contribution in [0.1, 0.15) is 12.5 Å². The zero-order valence-corrected chi connectivity index (χ0v) is 12.7. The van der Waals surface area contributed by atoms with Crippen LogP contribution in [0.4, 0.5) is 23.2 Å². The molecular weight excluding hydrogens is 352 g/mol. The predicted molar refractivity (Wildman–Crippen MR) is 74.2 cm³/mol. The van der Waals surface area contributed by atoms with Crippen LogP contribution in [0.15, 0.2) is 23.4 Å². The van der Waals surface area contributed by atoms with E-state index in [1.165, 1.54) is 23.8 Å². The van der Waals surface area contributed by atoms with Gasteiger partial charge < -0.3 is 4.84 Å². The van der Waals surface area contributed by atoms with E-state index in [1.54, 1.807) is 0 Å². The summed E-state index contributed by atoms with van der Waals surface area (Å²) < 4.78 is 72.8. The van der Waals surface area contributed by atoms with Gasteiger partial charge in [0.1, 0.15) is 13.3 Å². The second kappa shape index (κ2) is 7.14. The lowest BCUT2D eigenvalue weighted by Gasteiger charge is -2.14. The fourth-order valence-electron chi connectivity index (χ4n) is 1.33. The van der Waals surface area contributed by atoms with Gasteiger partial charge in [0.05, 0.1) is 11.4 Å². The van der Waals surface area contributed by atoms with Gasteiger partial charge in [0.25, 0.3) is 0 Å². The SMILES string of the molecule is CC(=NOCCF)c1cc(Cl)ccc1NS(=O)(=O)C(F)(F)F. The normalized spacial score (nSPS) is 13.1. The van der Waals surface area contributed by atoms with Gasteiger partial charge in [-0.1, -0.05) is 16.8 Å². The lowest BCUT2D eigenvalue weighted by Crippen LogP contribution is -2.30. The Morgan fingerprint density at radius 1 is 1.41 bits per heavy atom. The zero-order valence-electron chi connectivity index (χ0n) is 11.1. The number of hydrogen-bond donors (Lipinski definition) is 1. The molecule has 0 aromatic heterocycles. The van der Waals surface area contributed by atoms with Crippen molar-refractivity contribution in [2.45, 2.75) is 12.4 Å². The summed E-state index contributed by atoms with van der Waals surface area (Å²) in [6.45, 7) is 0.191. The Labute approximate surface area is 128 Å².